The normalized spacial score (nSPS) is 17.2. The number of hydrogen-bond donors (Lipinski definition) is 2. The van der Waals surface area contributed by atoms with Gasteiger partial charge in [-0.3, -0.25) is 19.5 Å². The van der Waals surface area contributed by atoms with Crippen molar-refractivity contribution < 1.29 is 9.59 Å². The monoisotopic (exact) mass is 497 g/mol. The van der Waals surface area contributed by atoms with E-state index in [1.807, 2.05) is 0 Å². The lowest BCUT2D eigenvalue weighted by molar-refractivity contribution is -0.113. The van der Waals surface area contributed by atoms with Gasteiger partial charge in [0.25, 0.3) is 5.91 Å². The molecule has 0 bridgehead atoms. The maximum Gasteiger partial charge on any atom is 0.274 e. The molecule has 2 aliphatic rings. The largest absolute Gasteiger partial charge is 0.355 e. The molecule has 34 heavy (non-hydrogen) atoms. The van der Waals surface area contributed by atoms with Gasteiger partial charge in [0.1, 0.15) is 10.0 Å². The molecule has 7 nitrogen and oxygen atoms in total. The average molecular weight is 498 g/mol. The van der Waals surface area contributed by atoms with E-state index in [9.17, 15) is 9.59 Å². The number of hydrogen-bond acceptors (Lipinski definition) is 6. The standard InChI is InChI=1S/C25H31N5O2S2/c31-23(18-34-25(33)30-15-13-29(14-16-30)21-9-2-1-3-10-21)27-19-7-6-8-20(17-19)28-24(32)22-11-4-5-12-26-22/h4-8,11-12,17,21H,1-3,9-10,13-16,18H2,(H,27,31)(H,28,32). The summed E-state index contributed by atoms with van der Waals surface area (Å²) in [4.78, 5) is 33.7. The van der Waals surface area contributed by atoms with Gasteiger partial charge in [-0.1, -0.05) is 55.4 Å². The molecule has 9 heteroatoms. The van der Waals surface area contributed by atoms with Crippen LogP contribution in [0.25, 0.3) is 0 Å². The number of thiocarbonyl (C=S) groups is 1. The summed E-state index contributed by atoms with van der Waals surface area (Å²) < 4.78 is 0.787. The van der Waals surface area contributed by atoms with Gasteiger partial charge in [-0.2, -0.15) is 0 Å². The Labute approximate surface area is 210 Å². The number of aromatic nitrogens is 1. The molecule has 4 rings (SSSR count). The topological polar surface area (TPSA) is 77.6 Å². The Kier molecular flexibility index (Phi) is 8.90. The van der Waals surface area contributed by atoms with Gasteiger partial charge in [0, 0.05) is 49.8 Å². The molecule has 1 saturated heterocycles. The molecule has 2 fully saturated rings. The van der Waals surface area contributed by atoms with Crippen molar-refractivity contribution in [1.82, 2.24) is 14.8 Å². The quantitative estimate of drug-likeness (QED) is 0.578. The number of carbonyl (C=O) groups is 2. The third-order valence-corrected chi connectivity index (χ3v) is 7.82. The Morgan fingerprint density at radius 1 is 0.971 bits per heavy atom. The maximum atomic E-state index is 12.5. The fraction of sp³-hybridized carbons (Fsp3) is 0.440. The molecular formula is C25H31N5O2S2. The summed E-state index contributed by atoms with van der Waals surface area (Å²) in [6.45, 7) is 3.97. The van der Waals surface area contributed by atoms with Crippen LogP contribution in [0.1, 0.15) is 42.6 Å². The van der Waals surface area contributed by atoms with Gasteiger partial charge in [-0.25, -0.2) is 0 Å². The summed E-state index contributed by atoms with van der Waals surface area (Å²) in [7, 11) is 0. The number of pyridine rings is 1. The highest BCUT2D eigenvalue weighted by Crippen LogP contribution is 2.24. The molecule has 2 amide bonds. The molecule has 2 N–H and O–H groups in total. The molecule has 1 aromatic heterocycles. The van der Waals surface area contributed by atoms with Crippen molar-refractivity contribution in [1.29, 1.82) is 0 Å². The highest BCUT2D eigenvalue weighted by molar-refractivity contribution is 8.23. The van der Waals surface area contributed by atoms with Gasteiger partial charge in [0.05, 0.1) is 5.75 Å². The molecule has 2 heterocycles. The van der Waals surface area contributed by atoms with E-state index in [4.69, 9.17) is 12.2 Å². The molecule has 1 aliphatic carbocycles. The summed E-state index contributed by atoms with van der Waals surface area (Å²) in [5, 5.41) is 5.69. The third-order valence-electron chi connectivity index (χ3n) is 6.29. The van der Waals surface area contributed by atoms with Crippen LogP contribution < -0.4 is 10.6 Å². The van der Waals surface area contributed by atoms with E-state index in [2.05, 4.69) is 25.4 Å². The van der Waals surface area contributed by atoms with Gasteiger partial charge in [0.2, 0.25) is 5.91 Å². The van der Waals surface area contributed by atoms with E-state index in [0.29, 0.717) is 17.1 Å². The number of nitrogens with one attached hydrogen (secondary N) is 2. The minimum atomic E-state index is -0.298. The van der Waals surface area contributed by atoms with Crippen LogP contribution in [0, 0.1) is 0 Å². The van der Waals surface area contributed by atoms with Crippen molar-refractivity contribution in [2.75, 3.05) is 42.6 Å². The number of anilines is 2. The third kappa shape index (κ3) is 7.01. The van der Waals surface area contributed by atoms with Crippen LogP contribution in [0.15, 0.2) is 48.7 Å². The van der Waals surface area contributed by atoms with Crippen LogP contribution in [0.4, 0.5) is 11.4 Å². The molecule has 2 aromatic rings. The number of thioether (sulfide) groups is 1. The lowest BCUT2D eigenvalue weighted by Gasteiger charge is -2.41. The number of piperazine rings is 1. The number of benzene rings is 1. The molecule has 1 aromatic carbocycles. The maximum absolute atomic E-state index is 12.5. The molecule has 0 unspecified atom stereocenters. The summed E-state index contributed by atoms with van der Waals surface area (Å²) in [6.07, 6.45) is 8.32. The van der Waals surface area contributed by atoms with Crippen molar-refractivity contribution in [3.8, 4) is 0 Å². The SMILES string of the molecule is O=C(CSC(=S)N1CCN(C2CCCCC2)CC1)Nc1cccc(NC(=O)c2ccccn2)c1. The molecule has 1 aliphatic heterocycles. The highest BCUT2D eigenvalue weighted by Gasteiger charge is 2.26. The van der Waals surface area contributed by atoms with Crippen molar-refractivity contribution in [2.45, 2.75) is 38.1 Å². The van der Waals surface area contributed by atoms with E-state index in [1.165, 1.54) is 43.9 Å². The second kappa shape index (κ2) is 12.3. The zero-order valence-electron chi connectivity index (χ0n) is 19.2. The zero-order valence-corrected chi connectivity index (χ0v) is 20.9. The van der Waals surface area contributed by atoms with Gasteiger partial charge >= 0.3 is 0 Å². The minimum Gasteiger partial charge on any atom is -0.355 e. The van der Waals surface area contributed by atoms with E-state index in [1.54, 1.807) is 48.7 Å². The molecule has 0 radical (unpaired) electrons. The number of amides is 2. The van der Waals surface area contributed by atoms with E-state index < -0.39 is 0 Å². The van der Waals surface area contributed by atoms with Gasteiger partial charge in [0.15, 0.2) is 0 Å². The number of rotatable bonds is 6. The van der Waals surface area contributed by atoms with Crippen LogP contribution in [0.3, 0.4) is 0 Å². The second-order valence-electron chi connectivity index (χ2n) is 8.67. The Hall–Kier alpha value is -2.49. The van der Waals surface area contributed by atoms with Crippen molar-refractivity contribution >= 4 is 51.5 Å². The molecular weight excluding hydrogens is 466 g/mol. The van der Waals surface area contributed by atoms with Crippen LogP contribution in [0.5, 0.6) is 0 Å². The second-order valence-corrected chi connectivity index (χ2v) is 10.3. The first-order chi connectivity index (χ1) is 16.6. The highest BCUT2D eigenvalue weighted by atomic mass is 32.2. The van der Waals surface area contributed by atoms with Crippen molar-refractivity contribution in [2.24, 2.45) is 0 Å². The zero-order chi connectivity index (χ0) is 23.8. The lowest BCUT2D eigenvalue weighted by Crippen LogP contribution is -2.51. The molecule has 0 atom stereocenters. The van der Waals surface area contributed by atoms with E-state index in [-0.39, 0.29) is 17.6 Å². The minimum absolute atomic E-state index is 0.124. The van der Waals surface area contributed by atoms with Gasteiger partial charge in [-0.05, 0) is 43.2 Å². The van der Waals surface area contributed by atoms with E-state index >= 15 is 0 Å². The Morgan fingerprint density at radius 3 is 2.41 bits per heavy atom. The van der Waals surface area contributed by atoms with Crippen LogP contribution >= 0.6 is 24.0 Å². The summed E-state index contributed by atoms with van der Waals surface area (Å²) in [5.74, 6) is -0.165. The van der Waals surface area contributed by atoms with Crippen molar-refractivity contribution in [3.63, 3.8) is 0 Å². The predicted octanol–water partition coefficient (Wildman–Crippen LogP) is 4.24. The summed E-state index contributed by atoms with van der Waals surface area (Å²) >= 11 is 7.01. The Balaban J connectivity index is 1.20. The average Bonchev–Trinajstić information content (AvgIpc) is 2.88. The predicted molar refractivity (Wildman–Crippen MR) is 142 cm³/mol. The molecule has 180 valence electrons. The molecule has 0 spiro atoms. The lowest BCUT2D eigenvalue weighted by atomic mass is 9.94. The fourth-order valence-electron chi connectivity index (χ4n) is 4.50. The first kappa shape index (κ1) is 24.6. The first-order valence-corrected chi connectivity index (χ1v) is 13.3. The molecule has 1 saturated carbocycles. The van der Waals surface area contributed by atoms with Crippen LogP contribution in [0.2, 0.25) is 0 Å². The van der Waals surface area contributed by atoms with Crippen LogP contribution in [-0.2, 0) is 4.79 Å². The first-order valence-electron chi connectivity index (χ1n) is 11.9. The fourth-order valence-corrected chi connectivity index (χ4v) is 5.55. The number of nitrogens with zero attached hydrogens (tertiary/aromatic N) is 3. The number of carbonyl (C=O) groups excluding carboxylic acids is 2. The van der Waals surface area contributed by atoms with Gasteiger partial charge in [-0.15, -0.1) is 0 Å². The summed E-state index contributed by atoms with van der Waals surface area (Å²) in [5.41, 5.74) is 1.55. The Morgan fingerprint density at radius 2 is 1.71 bits per heavy atom. The van der Waals surface area contributed by atoms with Gasteiger partial charge < -0.3 is 15.5 Å². The summed E-state index contributed by atoms with van der Waals surface area (Å²) in [6, 6.07) is 13.0. The van der Waals surface area contributed by atoms with Crippen molar-refractivity contribution in [3.05, 3.63) is 54.4 Å². The van der Waals surface area contributed by atoms with E-state index in [0.717, 1.165) is 36.5 Å². The smallest absolute Gasteiger partial charge is 0.274 e. The Bertz CT molecular complexity index is 990. The van der Waals surface area contributed by atoms with Crippen LogP contribution in [-0.4, -0.2) is 68.9 Å².